The van der Waals surface area contributed by atoms with Crippen LogP contribution in [0.3, 0.4) is 0 Å². The standard InChI is InChI=1S/C16H27N3O/c1-20-14-11-15(16-17-8-9-18-16)19(12-14)10-7-13-5-3-2-4-6-13/h8-9,13-15H,2-7,10-12H2,1H3,(H,17,18). The molecule has 2 unspecified atom stereocenters. The molecule has 1 aliphatic carbocycles. The molecule has 0 bridgehead atoms. The SMILES string of the molecule is COC1CC(c2ncc[nH]2)N(CCC2CCCCC2)C1. The molecule has 1 aromatic heterocycles. The Morgan fingerprint density at radius 3 is 2.90 bits per heavy atom. The third-order valence-electron chi connectivity index (χ3n) is 5.08. The number of nitrogens with zero attached hydrogens (tertiary/aromatic N) is 2. The number of aromatic amines is 1. The number of nitrogens with one attached hydrogen (secondary N) is 1. The Hall–Kier alpha value is -0.870. The minimum absolute atomic E-state index is 0.358. The Kier molecular flexibility index (Phi) is 4.73. The third kappa shape index (κ3) is 3.23. The number of likely N-dealkylation sites (tertiary alicyclic amines) is 1. The fourth-order valence-corrected chi connectivity index (χ4v) is 3.85. The zero-order chi connectivity index (χ0) is 13.8. The number of rotatable bonds is 5. The van der Waals surface area contributed by atoms with Gasteiger partial charge in [0.05, 0.1) is 12.1 Å². The van der Waals surface area contributed by atoms with Crippen molar-refractivity contribution in [2.75, 3.05) is 20.2 Å². The summed E-state index contributed by atoms with van der Waals surface area (Å²) < 4.78 is 5.58. The van der Waals surface area contributed by atoms with Crippen molar-refractivity contribution in [2.24, 2.45) is 5.92 Å². The van der Waals surface area contributed by atoms with E-state index in [0.717, 1.165) is 24.7 Å². The summed E-state index contributed by atoms with van der Waals surface area (Å²) in [5.41, 5.74) is 0. The van der Waals surface area contributed by atoms with E-state index >= 15 is 0 Å². The van der Waals surface area contributed by atoms with Crippen molar-refractivity contribution in [1.29, 1.82) is 0 Å². The Bertz CT molecular complexity index is 386. The number of H-pyrrole nitrogens is 1. The lowest BCUT2D eigenvalue weighted by Crippen LogP contribution is -2.28. The fourth-order valence-electron chi connectivity index (χ4n) is 3.85. The van der Waals surface area contributed by atoms with Crippen molar-refractivity contribution in [3.05, 3.63) is 18.2 Å². The van der Waals surface area contributed by atoms with Crippen LogP contribution < -0.4 is 0 Å². The molecule has 4 heteroatoms. The molecule has 1 saturated heterocycles. The molecule has 0 aromatic carbocycles. The summed E-state index contributed by atoms with van der Waals surface area (Å²) >= 11 is 0. The summed E-state index contributed by atoms with van der Waals surface area (Å²) in [7, 11) is 1.83. The van der Waals surface area contributed by atoms with Gasteiger partial charge in [0.1, 0.15) is 5.82 Å². The van der Waals surface area contributed by atoms with Gasteiger partial charge in [-0.05, 0) is 25.3 Å². The van der Waals surface area contributed by atoms with Crippen molar-refractivity contribution in [1.82, 2.24) is 14.9 Å². The molecule has 2 aliphatic rings. The third-order valence-corrected chi connectivity index (χ3v) is 5.08. The smallest absolute Gasteiger partial charge is 0.123 e. The first kappa shape index (κ1) is 14.1. The second kappa shape index (κ2) is 6.72. The van der Waals surface area contributed by atoms with Gasteiger partial charge >= 0.3 is 0 Å². The summed E-state index contributed by atoms with van der Waals surface area (Å²) in [6.07, 6.45) is 13.7. The molecule has 2 heterocycles. The number of aromatic nitrogens is 2. The first-order chi connectivity index (χ1) is 9.86. The topological polar surface area (TPSA) is 41.1 Å². The van der Waals surface area contributed by atoms with Crippen LogP contribution in [0.5, 0.6) is 0 Å². The minimum atomic E-state index is 0.358. The number of imidazole rings is 1. The summed E-state index contributed by atoms with van der Waals surface area (Å²) in [6, 6.07) is 0.415. The van der Waals surface area contributed by atoms with Crippen molar-refractivity contribution in [3.63, 3.8) is 0 Å². The van der Waals surface area contributed by atoms with Crippen LogP contribution in [0.4, 0.5) is 0 Å². The van der Waals surface area contributed by atoms with E-state index in [4.69, 9.17) is 4.74 Å². The summed E-state index contributed by atoms with van der Waals surface area (Å²) in [4.78, 5) is 10.3. The van der Waals surface area contributed by atoms with Crippen LogP contribution in [0.25, 0.3) is 0 Å². The Morgan fingerprint density at radius 1 is 1.35 bits per heavy atom. The van der Waals surface area contributed by atoms with Crippen molar-refractivity contribution >= 4 is 0 Å². The molecule has 2 fully saturated rings. The molecule has 1 aromatic rings. The van der Waals surface area contributed by atoms with E-state index in [2.05, 4.69) is 14.9 Å². The maximum absolute atomic E-state index is 5.58. The van der Waals surface area contributed by atoms with Gasteiger partial charge in [-0.3, -0.25) is 4.90 Å². The molecule has 3 rings (SSSR count). The number of hydrogen-bond donors (Lipinski definition) is 1. The lowest BCUT2D eigenvalue weighted by atomic mass is 9.87. The van der Waals surface area contributed by atoms with Crippen LogP contribution in [-0.4, -0.2) is 41.2 Å². The van der Waals surface area contributed by atoms with Crippen LogP contribution in [0.1, 0.15) is 56.8 Å². The second-order valence-electron chi connectivity index (χ2n) is 6.37. The quantitative estimate of drug-likeness (QED) is 0.899. The highest BCUT2D eigenvalue weighted by atomic mass is 16.5. The normalized spacial score (nSPS) is 29.1. The van der Waals surface area contributed by atoms with E-state index in [1.807, 2.05) is 19.5 Å². The summed E-state index contributed by atoms with van der Waals surface area (Å²) in [6.45, 7) is 2.24. The summed E-state index contributed by atoms with van der Waals surface area (Å²) in [5, 5.41) is 0. The first-order valence-electron chi connectivity index (χ1n) is 8.13. The molecule has 0 amide bonds. The monoisotopic (exact) mass is 277 g/mol. The van der Waals surface area contributed by atoms with E-state index in [9.17, 15) is 0 Å². The fraction of sp³-hybridized carbons (Fsp3) is 0.812. The number of ether oxygens (including phenoxy) is 1. The molecular weight excluding hydrogens is 250 g/mol. The van der Waals surface area contributed by atoms with E-state index in [-0.39, 0.29) is 0 Å². The van der Waals surface area contributed by atoms with Gasteiger partial charge in [0, 0.05) is 26.0 Å². The largest absolute Gasteiger partial charge is 0.380 e. The highest BCUT2D eigenvalue weighted by Crippen LogP contribution is 2.33. The molecule has 0 radical (unpaired) electrons. The highest BCUT2D eigenvalue weighted by Gasteiger charge is 2.34. The van der Waals surface area contributed by atoms with E-state index in [0.29, 0.717) is 12.1 Å². The van der Waals surface area contributed by atoms with Crippen molar-refractivity contribution < 1.29 is 4.74 Å². The van der Waals surface area contributed by atoms with Crippen LogP contribution in [0, 0.1) is 5.92 Å². The second-order valence-corrected chi connectivity index (χ2v) is 6.37. The van der Waals surface area contributed by atoms with Gasteiger partial charge in [0.25, 0.3) is 0 Å². The number of hydrogen-bond acceptors (Lipinski definition) is 3. The maximum atomic E-state index is 5.58. The van der Waals surface area contributed by atoms with Gasteiger partial charge in [0.2, 0.25) is 0 Å². The van der Waals surface area contributed by atoms with Gasteiger partial charge < -0.3 is 9.72 Å². The van der Waals surface area contributed by atoms with Gasteiger partial charge in [-0.2, -0.15) is 0 Å². The van der Waals surface area contributed by atoms with Crippen LogP contribution in [-0.2, 0) is 4.74 Å². The zero-order valence-electron chi connectivity index (χ0n) is 12.6. The average Bonchev–Trinajstić information content (AvgIpc) is 3.15. The lowest BCUT2D eigenvalue weighted by Gasteiger charge is -2.27. The maximum Gasteiger partial charge on any atom is 0.123 e. The molecular formula is C16H27N3O. The first-order valence-corrected chi connectivity index (χ1v) is 8.13. The van der Waals surface area contributed by atoms with Gasteiger partial charge in [0.15, 0.2) is 0 Å². The minimum Gasteiger partial charge on any atom is -0.380 e. The molecule has 1 N–H and O–H groups in total. The zero-order valence-corrected chi connectivity index (χ0v) is 12.6. The van der Waals surface area contributed by atoms with Crippen molar-refractivity contribution in [2.45, 2.75) is 57.1 Å². The molecule has 1 aliphatic heterocycles. The van der Waals surface area contributed by atoms with Gasteiger partial charge in [-0.1, -0.05) is 32.1 Å². The van der Waals surface area contributed by atoms with Gasteiger partial charge in [-0.15, -0.1) is 0 Å². The molecule has 4 nitrogen and oxygen atoms in total. The molecule has 1 saturated carbocycles. The van der Waals surface area contributed by atoms with Crippen LogP contribution in [0.2, 0.25) is 0 Å². The molecule has 2 atom stereocenters. The average molecular weight is 277 g/mol. The number of methoxy groups -OCH3 is 1. The van der Waals surface area contributed by atoms with E-state index < -0.39 is 0 Å². The Balaban J connectivity index is 1.57. The lowest BCUT2D eigenvalue weighted by molar-refractivity contribution is 0.107. The van der Waals surface area contributed by atoms with Crippen LogP contribution in [0.15, 0.2) is 12.4 Å². The van der Waals surface area contributed by atoms with E-state index in [1.165, 1.54) is 45.1 Å². The summed E-state index contributed by atoms with van der Waals surface area (Å²) in [5.74, 6) is 2.05. The van der Waals surface area contributed by atoms with Gasteiger partial charge in [-0.25, -0.2) is 4.98 Å². The molecule has 112 valence electrons. The van der Waals surface area contributed by atoms with E-state index in [1.54, 1.807) is 0 Å². The predicted octanol–water partition coefficient (Wildman–Crippen LogP) is 3.14. The van der Waals surface area contributed by atoms with Crippen molar-refractivity contribution in [3.8, 4) is 0 Å². The van der Waals surface area contributed by atoms with Crippen LogP contribution >= 0.6 is 0 Å². The molecule has 20 heavy (non-hydrogen) atoms. The predicted molar refractivity (Wildman–Crippen MR) is 79.5 cm³/mol. The highest BCUT2D eigenvalue weighted by molar-refractivity contribution is 5.01. The Morgan fingerprint density at radius 2 is 2.20 bits per heavy atom. The Labute approximate surface area is 121 Å². The molecule has 0 spiro atoms.